The van der Waals surface area contributed by atoms with Crippen molar-refractivity contribution in [1.82, 2.24) is 9.80 Å². The highest BCUT2D eigenvalue weighted by Crippen LogP contribution is 2.15. The summed E-state index contributed by atoms with van der Waals surface area (Å²) in [5.74, 6) is 0.772. The monoisotopic (exact) mass is 261 g/mol. The van der Waals surface area contributed by atoms with Gasteiger partial charge < -0.3 is 15.1 Å². The number of likely N-dealkylation sites (tertiary alicyclic amines) is 1. The van der Waals surface area contributed by atoms with Crippen LogP contribution in [0.5, 0.6) is 0 Å². The van der Waals surface area contributed by atoms with E-state index in [2.05, 4.69) is 17.3 Å². The number of nitrogens with one attached hydrogen (secondary N) is 1. The van der Waals surface area contributed by atoms with Gasteiger partial charge in [-0.05, 0) is 38.1 Å². The summed E-state index contributed by atoms with van der Waals surface area (Å²) < 4.78 is 0. The molecule has 1 N–H and O–H groups in total. The lowest BCUT2D eigenvalue weighted by Crippen LogP contribution is -2.36. The largest absolute Gasteiger partial charge is 0.376 e. The minimum Gasteiger partial charge on any atom is -0.376 e. The molecular formula is C15H23N3O. The van der Waals surface area contributed by atoms with Gasteiger partial charge in [-0.2, -0.15) is 0 Å². The number of hydrogen-bond donors (Lipinski definition) is 1. The third-order valence-electron chi connectivity index (χ3n) is 3.66. The molecular weight excluding hydrogens is 238 g/mol. The molecule has 19 heavy (non-hydrogen) atoms. The number of carbonyl (C=O) groups excluding carboxylic acids is 1. The van der Waals surface area contributed by atoms with Gasteiger partial charge in [-0.1, -0.05) is 18.2 Å². The Morgan fingerprint density at radius 2 is 2.16 bits per heavy atom. The molecule has 0 spiro atoms. The van der Waals surface area contributed by atoms with Crippen molar-refractivity contribution in [3.05, 3.63) is 30.3 Å². The number of hydrogen-bond acceptors (Lipinski definition) is 3. The third-order valence-corrected chi connectivity index (χ3v) is 3.66. The van der Waals surface area contributed by atoms with E-state index in [1.54, 1.807) is 0 Å². The quantitative estimate of drug-likeness (QED) is 0.872. The Morgan fingerprint density at radius 1 is 1.42 bits per heavy atom. The first kappa shape index (κ1) is 13.9. The summed E-state index contributed by atoms with van der Waals surface area (Å²) in [6.07, 6.45) is 1.19. The first-order chi connectivity index (χ1) is 9.15. The normalized spacial score (nSPS) is 19.4. The second-order valence-electron chi connectivity index (χ2n) is 5.41. The first-order valence-corrected chi connectivity index (χ1v) is 6.86. The second-order valence-corrected chi connectivity index (χ2v) is 5.41. The first-order valence-electron chi connectivity index (χ1n) is 6.86. The molecule has 4 heteroatoms. The minimum atomic E-state index is 0.151. The molecule has 2 rings (SSSR count). The van der Waals surface area contributed by atoms with Crippen molar-refractivity contribution in [2.75, 3.05) is 45.6 Å². The molecule has 1 atom stereocenters. The fraction of sp³-hybridized carbons (Fsp3) is 0.533. The highest BCUT2D eigenvalue weighted by Gasteiger charge is 2.22. The maximum Gasteiger partial charge on any atom is 0.241 e. The van der Waals surface area contributed by atoms with E-state index >= 15 is 0 Å². The van der Waals surface area contributed by atoms with Crippen molar-refractivity contribution < 1.29 is 4.79 Å². The average molecular weight is 261 g/mol. The van der Waals surface area contributed by atoms with E-state index in [0.717, 1.165) is 25.3 Å². The fourth-order valence-electron chi connectivity index (χ4n) is 2.53. The van der Waals surface area contributed by atoms with Crippen LogP contribution in [-0.2, 0) is 4.79 Å². The van der Waals surface area contributed by atoms with Crippen molar-refractivity contribution in [1.29, 1.82) is 0 Å². The van der Waals surface area contributed by atoms with Gasteiger partial charge in [0.15, 0.2) is 0 Å². The molecule has 0 aliphatic carbocycles. The topological polar surface area (TPSA) is 35.6 Å². The highest BCUT2D eigenvalue weighted by molar-refractivity contribution is 5.80. The molecule has 1 aromatic rings. The van der Waals surface area contributed by atoms with Crippen LogP contribution in [0, 0.1) is 5.92 Å². The number of carbonyl (C=O) groups is 1. The van der Waals surface area contributed by atoms with Crippen molar-refractivity contribution in [3.8, 4) is 0 Å². The molecule has 0 radical (unpaired) electrons. The molecule has 104 valence electrons. The Hall–Kier alpha value is -1.55. The molecule has 4 nitrogen and oxygen atoms in total. The van der Waals surface area contributed by atoms with Gasteiger partial charge in [0.25, 0.3) is 0 Å². The molecule has 1 aliphatic heterocycles. The molecule has 0 saturated carbocycles. The number of benzene rings is 1. The Labute approximate surface area is 115 Å². The Bertz CT molecular complexity index is 407. The van der Waals surface area contributed by atoms with Crippen LogP contribution in [0.3, 0.4) is 0 Å². The zero-order chi connectivity index (χ0) is 13.7. The lowest BCUT2D eigenvalue weighted by Gasteiger charge is -2.21. The predicted octanol–water partition coefficient (Wildman–Crippen LogP) is 1.51. The van der Waals surface area contributed by atoms with Crippen LogP contribution in [0.15, 0.2) is 30.3 Å². The zero-order valence-electron chi connectivity index (χ0n) is 11.8. The Morgan fingerprint density at radius 3 is 2.79 bits per heavy atom. The number of amides is 1. The maximum atomic E-state index is 12.0. The maximum absolute atomic E-state index is 12.0. The lowest BCUT2D eigenvalue weighted by atomic mass is 10.1. The summed E-state index contributed by atoms with van der Waals surface area (Å²) in [7, 11) is 4.03. The summed E-state index contributed by atoms with van der Waals surface area (Å²) in [4.78, 5) is 16.2. The Kier molecular flexibility index (Phi) is 4.80. The smallest absolute Gasteiger partial charge is 0.241 e. The highest BCUT2D eigenvalue weighted by atomic mass is 16.2. The summed E-state index contributed by atoms with van der Waals surface area (Å²) in [6, 6.07) is 9.84. The molecule has 1 aromatic carbocycles. The standard InChI is InChI=1S/C15H23N3O/c1-17-9-8-13(11-17)12-18(2)15(19)10-16-14-6-4-3-5-7-14/h3-7,13,16H,8-12H2,1-2H3. The predicted molar refractivity (Wildman–Crippen MR) is 78.2 cm³/mol. The summed E-state index contributed by atoms with van der Waals surface area (Å²) in [6.45, 7) is 3.47. The summed E-state index contributed by atoms with van der Waals surface area (Å²) in [5.41, 5.74) is 0.991. The fourth-order valence-corrected chi connectivity index (χ4v) is 2.53. The van der Waals surface area contributed by atoms with E-state index in [-0.39, 0.29) is 5.91 Å². The van der Waals surface area contributed by atoms with Crippen LogP contribution in [0.25, 0.3) is 0 Å². The SMILES string of the molecule is CN1CCC(CN(C)C(=O)CNc2ccccc2)C1. The zero-order valence-corrected chi connectivity index (χ0v) is 11.8. The van der Waals surface area contributed by atoms with Gasteiger partial charge in [0, 0.05) is 25.8 Å². The van der Waals surface area contributed by atoms with E-state index in [9.17, 15) is 4.79 Å². The summed E-state index contributed by atoms with van der Waals surface area (Å²) in [5, 5.41) is 3.16. The van der Waals surface area contributed by atoms with E-state index in [0.29, 0.717) is 12.5 Å². The number of nitrogens with zero attached hydrogens (tertiary/aromatic N) is 2. The van der Waals surface area contributed by atoms with Crippen LogP contribution in [0.4, 0.5) is 5.69 Å². The van der Waals surface area contributed by atoms with Gasteiger partial charge in [0.1, 0.15) is 0 Å². The minimum absolute atomic E-state index is 0.151. The number of likely N-dealkylation sites (N-methyl/N-ethyl adjacent to an activating group) is 1. The van der Waals surface area contributed by atoms with Crippen LogP contribution in [0.1, 0.15) is 6.42 Å². The van der Waals surface area contributed by atoms with E-state index < -0.39 is 0 Å². The van der Waals surface area contributed by atoms with Gasteiger partial charge in [0.05, 0.1) is 6.54 Å². The van der Waals surface area contributed by atoms with Gasteiger partial charge in [0.2, 0.25) is 5.91 Å². The number of para-hydroxylation sites is 1. The Balaban J connectivity index is 1.73. The summed E-state index contributed by atoms with van der Waals surface area (Å²) >= 11 is 0. The lowest BCUT2D eigenvalue weighted by molar-refractivity contribution is -0.128. The molecule has 0 aromatic heterocycles. The molecule has 0 bridgehead atoms. The van der Waals surface area contributed by atoms with Crippen molar-refractivity contribution in [3.63, 3.8) is 0 Å². The number of rotatable bonds is 5. The van der Waals surface area contributed by atoms with Gasteiger partial charge >= 0.3 is 0 Å². The average Bonchev–Trinajstić information content (AvgIpc) is 2.82. The van der Waals surface area contributed by atoms with Crippen LogP contribution >= 0.6 is 0 Å². The van der Waals surface area contributed by atoms with Crippen molar-refractivity contribution in [2.24, 2.45) is 5.92 Å². The van der Waals surface area contributed by atoms with Gasteiger partial charge in [-0.15, -0.1) is 0 Å². The van der Waals surface area contributed by atoms with Crippen molar-refractivity contribution in [2.45, 2.75) is 6.42 Å². The van der Waals surface area contributed by atoms with Crippen LogP contribution < -0.4 is 5.32 Å². The van der Waals surface area contributed by atoms with Crippen LogP contribution in [-0.4, -0.2) is 56.0 Å². The van der Waals surface area contributed by atoms with Crippen LogP contribution in [0.2, 0.25) is 0 Å². The number of anilines is 1. The molecule has 1 unspecified atom stereocenters. The van der Waals surface area contributed by atoms with Crippen molar-refractivity contribution >= 4 is 11.6 Å². The molecule has 1 aliphatic rings. The van der Waals surface area contributed by atoms with Gasteiger partial charge in [-0.3, -0.25) is 4.79 Å². The third kappa shape index (κ3) is 4.24. The van der Waals surface area contributed by atoms with E-state index in [1.807, 2.05) is 42.3 Å². The molecule has 1 saturated heterocycles. The molecule has 1 amide bonds. The van der Waals surface area contributed by atoms with Gasteiger partial charge in [-0.25, -0.2) is 0 Å². The molecule has 1 heterocycles. The molecule has 1 fully saturated rings. The van der Waals surface area contributed by atoms with E-state index in [4.69, 9.17) is 0 Å². The van der Waals surface area contributed by atoms with E-state index in [1.165, 1.54) is 6.42 Å². The second kappa shape index (κ2) is 6.57.